The summed E-state index contributed by atoms with van der Waals surface area (Å²) in [5.74, 6) is 0.182. The minimum absolute atomic E-state index is 0.0691. The summed E-state index contributed by atoms with van der Waals surface area (Å²) >= 11 is 0. The summed E-state index contributed by atoms with van der Waals surface area (Å²) in [5.41, 5.74) is 9.31. The van der Waals surface area contributed by atoms with Crippen molar-refractivity contribution in [2.75, 3.05) is 143 Å². The van der Waals surface area contributed by atoms with Crippen LogP contribution in [0.3, 0.4) is 0 Å². The number of sulfone groups is 1. The summed E-state index contributed by atoms with van der Waals surface area (Å²) in [6.45, 7) is 11.1. The second-order valence-electron chi connectivity index (χ2n) is 14.6. The van der Waals surface area contributed by atoms with Crippen LogP contribution in [0.4, 0.5) is 5.82 Å². The molecule has 1 aromatic heterocycles. The number of pyridine rings is 1. The maximum Gasteiger partial charge on any atom is 0.254 e. The van der Waals surface area contributed by atoms with E-state index in [4.69, 9.17) is 48.4 Å². The number of rotatable bonds is 33. The number of anilines is 1. The Morgan fingerprint density at radius 2 is 1.25 bits per heavy atom. The summed E-state index contributed by atoms with van der Waals surface area (Å²) < 4.78 is 75.8. The highest BCUT2D eigenvalue weighted by atomic mass is 32.2. The molecular formula is C45H65N5O14S. The molecule has 0 radical (unpaired) electrons. The number of nitrogen functional groups attached to an aromatic ring is 1. The molecule has 0 atom stereocenters. The standard InChI is InChI=1S/C45H65N5O14S/c1-35-31-40(5-6-41(35)45(53)50-12-15-64-42-7-3-37(32-39(42)34-50)38-4-8-43(46)49-33-38)65(54,55)30-11-48-44(52)9-13-56-16-18-58-20-22-60-24-26-62-28-29-63-27-25-61-23-21-59-19-17-57-14-10-47-36(2)51/h3-8,31-33H,9-30,34H2,1-2H3,(H2,46,49)(H,47,51)(H,48,52). The first-order valence-corrected chi connectivity index (χ1v) is 23.4. The number of nitrogens with two attached hydrogens (primary N) is 1. The van der Waals surface area contributed by atoms with E-state index in [0.29, 0.717) is 148 Å². The van der Waals surface area contributed by atoms with Crippen LogP contribution in [0.15, 0.2) is 59.6 Å². The molecule has 20 heteroatoms. The van der Waals surface area contributed by atoms with Gasteiger partial charge in [0.1, 0.15) is 18.2 Å². The second kappa shape index (κ2) is 30.4. The Morgan fingerprint density at radius 1 is 0.692 bits per heavy atom. The smallest absolute Gasteiger partial charge is 0.254 e. The zero-order valence-electron chi connectivity index (χ0n) is 37.6. The quantitative estimate of drug-likeness (QED) is 0.0743. The van der Waals surface area contributed by atoms with Gasteiger partial charge in [-0.3, -0.25) is 14.4 Å². The molecule has 0 saturated heterocycles. The van der Waals surface area contributed by atoms with Crippen molar-refractivity contribution in [1.29, 1.82) is 0 Å². The SMILES string of the molecule is CC(=O)NCCOCCOCCOCCOCCOCCOCCOCCOCCC(=O)NCCS(=O)(=O)c1ccc(C(=O)N2CCOc3ccc(-c4ccc(N)nc4)cc3C2)c(C)c1. The molecule has 0 aliphatic carbocycles. The lowest BCUT2D eigenvalue weighted by Gasteiger charge is -2.21. The number of carbonyl (C=O) groups excluding carboxylic acids is 3. The highest BCUT2D eigenvalue weighted by molar-refractivity contribution is 7.91. The molecule has 4 rings (SSSR count). The first kappa shape index (κ1) is 52.9. The van der Waals surface area contributed by atoms with Gasteiger partial charge in [-0.2, -0.15) is 0 Å². The summed E-state index contributed by atoms with van der Waals surface area (Å²) in [7, 11) is -3.74. The number of fused-ring (bicyclic) bond motifs is 1. The minimum atomic E-state index is -3.74. The Balaban J connectivity index is 0.957. The Morgan fingerprint density at radius 3 is 1.78 bits per heavy atom. The molecule has 65 heavy (non-hydrogen) atoms. The molecule has 0 fully saturated rings. The second-order valence-corrected chi connectivity index (χ2v) is 16.8. The number of hydrogen-bond donors (Lipinski definition) is 3. The third kappa shape index (κ3) is 20.9. The average Bonchev–Trinajstić information content (AvgIpc) is 3.51. The van der Waals surface area contributed by atoms with E-state index in [2.05, 4.69) is 15.6 Å². The third-order valence-electron chi connectivity index (χ3n) is 9.63. The van der Waals surface area contributed by atoms with Gasteiger partial charge < -0.3 is 63.9 Å². The number of hydrogen-bond acceptors (Lipinski definition) is 16. The van der Waals surface area contributed by atoms with Crippen molar-refractivity contribution >= 4 is 33.4 Å². The van der Waals surface area contributed by atoms with Crippen LogP contribution in [0.5, 0.6) is 5.75 Å². The van der Waals surface area contributed by atoms with Crippen molar-refractivity contribution in [2.24, 2.45) is 0 Å². The molecule has 360 valence electrons. The molecule has 2 aromatic carbocycles. The van der Waals surface area contributed by atoms with Crippen LogP contribution in [0.2, 0.25) is 0 Å². The Kier molecular flexibility index (Phi) is 24.7. The van der Waals surface area contributed by atoms with Gasteiger partial charge in [-0.1, -0.05) is 6.07 Å². The number of aryl methyl sites for hydroxylation is 1. The van der Waals surface area contributed by atoms with Crippen LogP contribution >= 0.6 is 0 Å². The zero-order valence-corrected chi connectivity index (χ0v) is 38.4. The topological polar surface area (TPSA) is 235 Å². The summed E-state index contributed by atoms with van der Waals surface area (Å²) in [6, 6.07) is 13.9. The molecule has 2 heterocycles. The normalized spacial score (nSPS) is 12.6. The van der Waals surface area contributed by atoms with Crippen molar-refractivity contribution in [3.8, 4) is 16.9 Å². The fraction of sp³-hybridized carbons (Fsp3) is 0.556. The van der Waals surface area contributed by atoms with Gasteiger partial charge in [0.15, 0.2) is 9.84 Å². The van der Waals surface area contributed by atoms with E-state index in [9.17, 15) is 22.8 Å². The summed E-state index contributed by atoms with van der Waals surface area (Å²) in [6.07, 6.45) is 1.77. The van der Waals surface area contributed by atoms with E-state index in [-0.39, 0.29) is 47.9 Å². The van der Waals surface area contributed by atoms with Crippen LogP contribution < -0.4 is 21.1 Å². The van der Waals surface area contributed by atoms with Crippen LogP contribution in [0, 0.1) is 6.92 Å². The Bertz CT molecular complexity index is 1990. The number of aromatic nitrogens is 1. The largest absolute Gasteiger partial charge is 0.491 e. The van der Waals surface area contributed by atoms with Crippen LogP contribution in [0.25, 0.3) is 11.1 Å². The fourth-order valence-electron chi connectivity index (χ4n) is 6.20. The maximum atomic E-state index is 13.7. The number of ether oxygens (including phenoxy) is 9. The number of benzene rings is 2. The van der Waals surface area contributed by atoms with E-state index in [1.54, 1.807) is 24.1 Å². The van der Waals surface area contributed by atoms with E-state index in [1.807, 2.05) is 24.3 Å². The molecule has 0 saturated carbocycles. The van der Waals surface area contributed by atoms with Gasteiger partial charge in [0.05, 0.1) is 123 Å². The summed E-state index contributed by atoms with van der Waals surface area (Å²) in [5, 5.41) is 5.29. The lowest BCUT2D eigenvalue weighted by Crippen LogP contribution is -2.33. The monoisotopic (exact) mass is 931 g/mol. The molecule has 0 bridgehead atoms. The lowest BCUT2D eigenvalue weighted by atomic mass is 10.0. The van der Waals surface area contributed by atoms with E-state index >= 15 is 0 Å². The first-order valence-electron chi connectivity index (χ1n) is 21.8. The molecule has 3 amide bonds. The Hall–Kier alpha value is -4.77. The van der Waals surface area contributed by atoms with E-state index in [0.717, 1.165) is 16.7 Å². The highest BCUT2D eigenvalue weighted by Crippen LogP contribution is 2.30. The van der Waals surface area contributed by atoms with Crippen molar-refractivity contribution in [3.05, 3.63) is 71.4 Å². The zero-order chi connectivity index (χ0) is 46.5. The molecule has 0 spiro atoms. The third-order valence-corrected chi connectivity index (χ3v) is 11.3. The molecular weight excluding hydrogens is 867 g/mol. The lowest BCUT2D eigenvalue weighted by molar-refractivity contribution is -0.122. The van der Waals surface area contributed by atoms with Crippen molar-refractivity contribution in [1.82, 2.24) is 20.5 Å². The van der Waals surface area contributed by atoms with Gasteiger partial charge >= 0.3 is 0 Å². The predicted octanol–water partition coefficient (Wildman–Crippen LogP) is 2.22. The molecule has 1 aliphatic rings. The Labute approximate surface area is 381 Å². The van der Waals surface area contributed by atoms with Crippen LogP contribution in [-0.2, 0) is 63.9 Å². The van der Waals surface area contributed by atoms with Gasteiger partial charge in [-0.15, -0.1) is 0 Å². The molecule has 4 N–H and O–H groups in total. The van der Waals surface area contributed by atoms with Gasteiger partial charge in [-0.25, -0.2) is 13.4 Å². The highest BCUT2D eigenvalue weighted by Gasteiger charge is 2.24. The molecule has 19 nitrogen and oxygen atoms in total. The van der Waals surface area contributed by atoms with Gasteiger partial charge in [0.25, 0.3) is 5.91 Å². The predicted molar refractivity (Wildman–Crippen MR) is 240 cm³/mol. The molecule has 3 aromatic rings. The summed E-state index contributed by atoms with van der Waals surface area (Å²) in [4.78, 5) is 42.7. The number of carbonyl (C=O) groups is 3. The van der Waals surface area contributed by atoms with Crippen LogP contribution in [0.1, 0.15) is 34.8 Å². The average molecular weight is 932 g/mol. The van der Waals surface area contributed by atoms with E-state index in [1.165, 1.54) is 25.1 Å². The molecule has 0 unspecified atom stereocenters. The number of nitrogens with zero attached hydrogens (tertiary/aromatic N) is 2. The fourth-order valence-corrected chi connectivity index (χ4v) is 7.44. The maximum absolute atomic E-state index is 13.7. The first-order chi connectivity index (χ1) is 31.5. The van der Waals surface area contributed by atoms with Gasteiger partial charge in [0.2, 0.25) is 11.8 Å². The van der Waals surface area contributed by atoms with Crippen molar-refractivity contribution < 1.29 is 65.4 Å². The van der Waals surface area contributed by atoms with Gasteiger partial charge in [0, 0.05) is 55.9 Å². The minimum Gasteiger partial charge on any atom is -0.491 e. The van der Waals surface area contributed by atoms with Gasteiger partial charge in [-0.05, 0) is 60.5 Å². The van der Waals surface area contributed by atoms with Crippen LogP contribution in [-0.4, -0.2) is 174 Å². The van der Waals surface area contributed by atoms with Crippen molar-refractivity contribution in [3.63, 3.8) is 0 Å². The number of amides is 3. The molecule has 1 aliphatic heterocycles. The van der Waals surface area contributed by atoms with Crippen molar-refractivity contribution in [2.45, 2.75) is 31.7 Å². The number of nitrogens with one attached hydrogen (secondary N) is 2. The van der Waals surface area contributed by atoms with E-state index < -0.39 is 9.84 Å².